The van der Waals surface area contributed by atoms with E-state index in [1.165, 1.54) is 18.3 Å². The predicted molar refractivity (Wildman–Crippen MR) is 91.4 cm³/mol. The molecule has 0 saturated carbocycles. The van der Waals surface area contributed by atoms with Crippen LogP contribution < -0.4 is 4.74 Å². The number of carbonyl (C=O) groups excluding carboxylic acids is 1. The first kappa shape index (κ1) is 17.7. The van der Waals surface area contributed by atoms with Gasteiger partial charge in [0.25, 0.3) is 5.91 Å². The van der Waals surface area contributed by atoms with E-state index in [1.807, 2.05) is 29.1 Å². The molecule has 0 radical (unpaired) electrons. The average Bonchev–Trinajstić information content (AvgIpc) is 3.24. The molecule has 1 aromatic carbocycles. The molecule has 0 fully saturated rings. The van der Waals surface area contributed by atoms with Crippen molar-refractivity contribution in [3.8, 4) is 11.6 Å². The Labute approximate surface area is 149 Å². The summed E-state index contributed by atoms with van der Waals surface area (Å²) in [6.45, 7) is -2.53. The van der Waals surface area contributed by atoms with Gasteiger partial charge in [0, 0.05) is 33.0 Å². The van der Waals surface area contributed by atoms with Crippen LogP contribution in [-0.4, -0.2) is 38.8 Å². The van der Waals surface area contributed by atoms with E-state index >= 15 is 0 Å². The van der Waals surface area contributed by atoms with Crippen LogP contribution in [0.4, 0.5) is 8.78 Å². The van der Waals surface area contributed by atoms with Gasteiger partial charge in [-0.15, -0.1) is 0 Å². The molecule has 0 aliphatic carbocycles. The summed E-state index contributed by atoms with van der Waals surface area (Å²) in [6.07, 6.45) is 5.22. The zero-order valence-electron chi connectivity index (χ0n) is 14.3. The highest BCUT2D eigenvalue weighted by Crippen LogP contribution is 2.19. The topological polar surface area (TPSA) is 52.3 Å². The molecule has 0 unspecified atom stereocenters. The number of amides is 1. The third-order valence-corrected chi connectivity index (χ3v) is 3.90. The Hall–Kier alpha value is -3.16. The molecular formula is C18H18F2N4O2. The van der Waals surface area contributed by atoms with E-state index in [4.69, 9.17) is 0 Å². The van der Waals surface area contributed by atoms with Crippen molar-refractivity contribution >= 4 is 5.91 Å². The van der Waals surface area contributed by atoms with Crippen LogP contribution in [0, 0.1) is 0 Å². The Kier molecular flexibility index (Phi) is 5.01. The monoisotopic (exact) mass is 360 g/mol. The molecule has 8 heteroatoms. The van der Waals surface area contributed by atoms with Crippen LogP contribution >= 0.6 is 0 Å². The minimum absolute atomic E-state index is 0.0832. The number of rotatable bonds is 6. The molecule has 0 bridgehead atoms. The summed E-state index contributed by atoms with van der Waals surface area (Å²) in [4.78, 5) is 14.4. The molecule has 0 atom stereocenters. The highest BCUT2D eigenvalue weighted by Gasteiger charge is 2.20. The Balaban J connectivity index is 1.75. The van der Waals surface area contributed by atoms with E-state index in [9.17, 15) is 13.6 Å². The van der Waals surface area contributed by atoms with Gasteiger partial charge in [-0.25, -0.2) is 0 Å². The Morgan fingerprint density at radius 2 is 1.88 bits per heavy atom. The van der Waals surface area contributed by atoms with Crippen LogP contribution in [0.5, 0.6) is 5.75 Å². The van der Waals surface area contributed by atoms with Crippen LogP contribution in [0.3, 0.4) is 0 Å². The van der Waals surface area contributed by atoms with Gasteiger partial charge in [0.1, 0.15) is 17.1 Å². The molecule has 0 N–H and O–H groups in total. The fourth-order valence-corrected chi connectivity index (χ4v) is 2.69. The highest BCUT2D eigenvalue weighted by atomic mass is 19.3. The molecule has 26 heavy (non-hydrogen) atoms. The number of benzene rings is 1. The van der Waals surface area contributed by atoms with Gasteiger partial charge in [-0.2, -0.15) is 13.9 Å². The van der Waals surface area contributed by atoms with Crippen LogP contribution in [-0.2, 0) is 13.6 Å². The lowest BCUT2D eigenvalue weighted by atomic mass is 10.2. The normalized spacial score (nSPS) is 11.0. The molecule has 136 valence electrons. The standard InChI is InChI=1S/C18H18F2N4O2/c1-22(12-13-5-7-14(8-6-13)26-18(19)20)17(25)15-11-21-23(2)16(15)24-9-3-4-10-24/h3-11,18H,12H2,1-2H3. The predicted octanol–water partition coefficient (Wildman–Crippen LogP) is 3.08. The minimum atomic E-state index is -2.86. The maximum Gasteiger partial charge on any atom is 0.387 e. The van der Waals surface area contributed by atoms with E-state index in [0.717, 1.165) is 5.56 Å². The number of aryl methyl sites for hydroxylation is 1. The van der Waals surface area contributed by atoms with Gasteiger partial charge in [-0.05, 0) is 29.8 Å². The first-order valence-corrected chi connectivity index (χ1v) is 7.90. The van der Waals surface area contributed by atoms with Gasteiger partial charge in [-0.3, -0.25) is 9.48 Å². The summed E-state index contributed by atoms with van der Waals surface area (Å²) in [5.41, 5.74) is 1.28. The Morgan fingerprint density at radius 3 is 2.50 bits per heavy atom. The molecule has 0 aliphatic rings. The molecule has 3 aromatic rings. The molecule has 2 heterocycles. The molecule has 2 aromatic heterocycles. The number of ether oxygens (including phenoxy) is 1. The zero-order valence-corrected chi connectivity index (χ0v) is 14.3. The molecule has 0 saturated heterocycles. The van der Waals surface area contributed by atoms with Crippen molar-refractivity contribution in [2.45, 2.75) is 13.2 Å². The number of alkyl halides is 2. The highest BCUT2D eigenvalue weighted by molar-refractivity contribution is 5.96. The lowest BCUT2D eigenvalue weighted by Crippen LogP contribution is -2.27. The quantitative estimate of drug-likeness (QED) is 0.679. The van der Waals surface area contributed by atoms with Crippen molar-refractivity contribution in [1.29, 1.82) is 0 Å². The molecule has 0 aliphatic heterocycles. The van der Waals surface area contributed by atoms with Crippen LogP contribution in [0.15, 0.2) is 55.0 Å². The molecule has 1 amide bonds. The van der Waals surface area contributed by atoms with Gasteiger partial charge >= 0.3 is 6.61 Å². The van der Waals surface area contributed by atoms with Crippen molar-refractivity contribution in [2.24, 2.45) is 7.05 Å². The molecule has 6 nitrogen and oxygen atoms in total. The summed E-state index contributed by atoms with van der Waals surface area (Å²) < 4.78 is 32.2. The SMILES string of the molecule is CN(Cc1ccc(OC(F)F)cc1)C(=O)c1cnn(C)c1-n1cccc1. The minimum Gasteiger partial charge on any atom is -0.435 e. The first-order valence-electron chi connectivity index (χ1n) is 7.90. The van der Waals surface area contributed by atoms with Gasteiger partial charge < -0.3 is 14.2 Å². The zero-order chi connectivity index (χ0) is 18.7. The van der Waals surface area contributed by atoms with E-state index < -0.39 is 6.61 Å². The fraction of sp³-hybridized carbons (Fsp3) is 0.222. The second-order valence-electron chi connectivity index (χ2n) is 5.78. The van der Waals surface area contributed by atoms with Crippen molar-refractivity contribution < 1.29 is 18.3 Å². The summed E-state index contributed by atoms with van der Waals surface area (Å²) in [5, 5.41) is 4.18. The summed E-state index contributed by atoms with van der Waals surface area (Å²) >= 11 is 0. The van der Waals surface area contributed by atoms with Crippen molar-refractivity contribution in [3.05, 3.63) is 66.1 Å². The first-order chi connectivity index (χ1) is 12.5. The molecule has 3 rings (SSSR count). The lowest BCUT2D eigenvalue weighted by Gasteiger charge is -2.18. The number of aromatic nitrogens is 3. The van der Waals surface area contributed by atoms with Crippen LogP contribution in [0.1, 0.15) is 15.9 Å². The average molecular weight is 360 g/mol. The summed E-state index contributed by atoms with van der Waals surface area (Å²) in [6, 6.07) is 9.95. The smallest absolute Gasteiger partial charge is 0.387 e. The van der Waals surface area contributed by atoms with E-state index in [-0.39, 0.29) is 11.7 Å². The largest absolute Gasteiger partial charge is 0.435 e. The number of halogens is 2. The summed E-state index contributed by atoms with van der Waals surface area (Å²) in [7, 11) is 3.45. The van der Waals surface area contributed by atoms with Crippen molar-refractivity contribution in [3.63, 3.8) is 0 Å². The van der Waals surface area contributed by atoms with Gasteiger partial charge in [0.2, 0.25) is 0 Å². The Morgan fingerprint density at radius 1 is 1.23 bits per heavy atom. The maximum absolute atomic E-state index is 12.8. The summed E-state index contributed by atoms with van der Waals surface area (Å²) in [5.74, 6) is 0.571. The number of hydrogen-bond donors (Lipinski definition) is 0. The van der Waals surface area contributed by atoms with Crippen molar-refractivity contribution in [1.82, 2.24) is 19.2 Å². The maximum atomic E-state index is 12.8. The molecule has 0 spiro atoms. The molecular weight excluding hydrogens is 342 g/mol. The third kappa shape index (κ3) is 3.74. The van der Waals surface area contributed by atoms with Gasteiger partial charge in [0.05, 0.1) is 6.20 Å². The fourth-order valence-electron chi connectivity index (χ4n) is 2.69. The van der Waals surface area contributed by atoms with Crippen LogP contribution in [0.25, 0.3) is 5.82 Å². The van der Waals surface area contributed by atoms with E-state index in [0.29, 0.717) is 17.9 Å². The number of nitrogens with zero attached hydrogens (tertiary/aromatic N) is 4. The third-order valence-electron chi connectivity index (χ3n) is 3.90. The number of hydrogen-bond acceptors (Lipinski definition) is 3. The number of carbonyl (C=O) groups is 1. The van der Waals surface area contributed by atoms with E-state index in [1.54, 1.807) is 35.8 Å². The lowest BCUT2D eigenvalue weighted by molar-refractivity contribution is -0.0498. The second kappa shape index (κ2) is 7.38. The Bertz CT molecular complexity index is 873. The van der Waals surface area contributed by atoms with E-state index in [2.05, 4.69) is 9.84 Å². The second-order valence-corrected chi connectivity index (χ2v) is 5.78. The van der Waals surface area contributed by atoms with Crippen LogP contribution in [0.2, 0.25) is 0 Å². The van der Waals surface area contributed by atoms with Gasteiger partial charge in [-0.1, -0.05) is 12.1 Å². The van der Waals surface area contributed by atoms with Gasteiger partial charge in [0.15, 0.2) is 0 Å². The van der Waals surface area contributed by atoms with Crippen molar-refractivity contribution in [2.75, 3.05) is 7.05 Å².